The van der Waals surface area contributed by atoms with Crippen molar-refractivity contribution in [2.75, 3.05) is 11.9 Å². The molecular weight excluding hydrogens is 257 g/mol. The number of benzene rings is 1. The highest BCUT2D eigenvalue weighted by molar-refractivity contribution is 5.92. The molecule has 20 heavy (non-hydrogen) atoms. The van der Waals surface area contributed by atoms with Gasteiger partial charge in [-0.2, -0.15) is 0 Å². The topological polar surface area (TPSA) is 54.0 Å². The van der Waals surface area contributed by atoms with Gasteiger partial charge in [-0.1, -0.05) is 18.2 Å². The Labute approximate surface area is 117 Å². The molecule has 0 aliphatic rings. The molecule has 0 fully saturated rings. The third-order valence-corrected chi connectivity index (χ3v) is 2.77. The van der Waals surface area contributed by atoms with Gasteiger partial charge in [0.1, 0.15) is 11.5 Å². The fraction of sp³-hybridized carbons (Fsp3) is 0.200. The van der Waals surface area contributed by atoms with E-state index in [4.69, 9.17) is 0 Å². The first-order valence-corrected chi connectivity index (χ1v) is 6.42. The van der Waals surface area contributed by atoms with Crippen LogP contribution in [0.3, 0.4) is 0 Å². The van der Waals surface area contributed by atoms with Gasteiger partial charge in [0.05, 0.1) is 11.9 Å². The number of aromatic nitrogens is 1. The van der Waals surface area contributed by atoms with Crippen LogP contribution in [-0.4, -0.2) is 17.4 Å². The average Bonchev–Trinajstić information content (AvgIpc) is 2.47. The molecule has 0 unspecified atom stereocenters. The second-order valence-electron chi connectivity index (χ2n) is 4.24. The first-order valence-electron chi connectivity index (χ1n) is 6.42. The Morgan fingerprint density at radius 3 is 2.70 bits per heavy atom. The number of amides is 1. The Morgan fingerprint density at radius 1 is 1.25 bits per heavy atom. The molecule has 104 valence electrons. The van der Waals surface area contributed by atoms with E-state index in [-0.39, 0.29) is 18.3 Å². The van der Waals surface area contributed by atoms with Crippen LogP contribution in [-0.2, 0) is 6.54 Å². The van der Waals surface area contributed by atoms with E-state index in [0.717, 1.165) is 12.2 Å². The molecule has 0 spiro atoms. The zero-order chi connectivity index (χ0) is 14.4. The summed E-state index contributed by atoms with van der Waals surface area (Å²) in [7, 11) is 0. The van der Waals surface area contributed by atoms with Gasteiger partial charge < -0.3 is 10.6 Å². The lowest BCUT2D eigenvalue weighted by Crippen LogP contribution is -2.24. The zero-order valence-corrected chi connectivity index (χ0v) is 11.2. The summed E-state index contributed by atoms with van der Waals surface area (Å²) in [5.74, 6) is -0.653. The third-order valence-electron chi connectivity index (χ3n) is 2.77. The number of anilines is 1. The fourth-order valence-corrected chi connectivity index (χ4v) is 1.74. The van der Waals surface area contributed by atoms with E-state index in [1.54, 1.807) is 36.5 Å². The van der Waals surface area contributed by atoms with Crippen LogP contribution in [0.4, 0.5) is 10.1 Å². The Kier molecular flexibility index (Phi) is 4.65. The van der Waals surface area contributed by atoms with Gasteiger partial charge in [0, 0.05) is 18.7 Å². The first-order chi connectivity index (χ1) is 9.70. The number of nitrogens with one attached hydrogen (secondary N) is 2. The van der Waals surface area contributed by atoms with Gasteiger partial charge in [0.25, 0.3) is 5.91 Å². The summed E-state index contributed by atoms with van der Waals surface area (Å²) in [6.07, 6.45) is 1.60. The molecule has 5 heteroatoms. The van der Waals surface area contributed by atoms with Crippen molar-refractivity contribution in [3.63, 3.8) is 0 Å². The van der Waals surface area contributed by atoms with Crippen LogP contribution in [0.5, 0.6) is 0 Å². The number of carbonyl (C=O) groups is 1. The van der Waals surface area contributed by atoms with E-state index in [0.29, 0.717) is 11.3 Å². The highest BCUT2D eigenvalue weighted by Gasteiger charge is 2.08. The Balaban J connectivity index is 1.96. The number of hydrogen-bond donors (Lipinski definition) is 2. The smallest absolute Gasteiger partial charge is 0.270 e. The van der Waals surface area contributed by atoms with Crippen molar-refractivity contribution in [3.05, 3.63) is 59.7 Å². The normalized spacial score (nSPS) is 10.1. The minimum atomic E-state index is -0.330. The highest BCUT2D eigenvalue weighted by atomic mass is 19.1. The largest absolute Gasteiger partial charge is 0.384 e. The van der Waals surface area contributed by atoms with Crippen molar-refractivity contribution < 1.29 is 9.18 Å². The predicted octanol–water partition coefficient (Wildman–Crippen LogP) is 2.58. The van der Waals surface area contributed by atoms with Gasteiger partial charge in [-0.05, 0) is 25.1 Å². The summed E-state index contributed by atoms with van der Waals surface area (Å²) in [5, 5.41) is 5.74. The molecule has 1 aromatic carbocycles. The summed E-state index contributed by atoms with van der Waals surface area (Å²) in [4.78, 5) is 15.9. The molecule has 0 atom stereocenters. The number of carbonyl (C=O) groups excluding carboxylic acids is 1. The molecule has 1 aromatic heterocycles. The van der Waals surface area contributed by atoms with E-state index in [9.17, 15) is 9.18 Å². The van der Waals surface area contributed by atoms with Crippen molar-refractivity contribution in [1.29, 1.82) is 0 Å². The van der Waals surface area contributed by atoms with Gasteiger partial charge in [-0.15, -0.1) is 0 Å². The summed E-state index contributed by atoms with van der Waals surface area (Å²) in [5.41, 5.74) is 1.62. The van der Waals surface area contributed by atoms with E-state index >= 15 is 0 Å². The van der Waals surface area contributed by atoms with Crippen molar-refractivity contribution in [3.8, 4) is 0 Å². The summed E-state index contributed by atoms with van der Waals surface area (Å²) >= 11 is 0. The first kappa shape index (κ1) is 14.0. The molecule has 1 amide bonds. The van der Waals surface area contributed by atoms with E-state index in [2.05, 4.69) is 15.6 Å². The zero-order valence-electron chi connectivity index (χ0n) is 11.2. The number of pyridine rings is 1. The molecule has 0 aliphatic heterocycles. The van der Waals surface area contributed by atoms with Crippen molar-refractivity contribution in [1.82, 2.24) is 10.3 Å². The lowest BCUT2D eigenvalue weighted by molar-refractivity contribution is 0.0945. The summed E-state index contributed by atoms with van der Waals surface area (Å²) in [6, 6.07) is 9.77. The SMILES string of the molecule is CCNc1ccc(C(=O)NCc2ccccc2F)nc1. The van der Waals surface area contributed by atoms with E-state index in [1.165, 1.54) is 6.07 Å². The monoisotopic (exact) mass is 273 g/mol. The lowest BCUT2D eigenvalue weighted by Gasteiger charge is -2.07. The van der Waals surface area contributed by atoms with Gasteiger partial charge in [0.15, 0.2) is 0 Å². The molecule has 0 radical (unpaired) electrons. The van der Waals surface area contributed by atoms with Gasteiger partial charge in [-0.25, -0.2) is 9.37 Å². The summed E-state index contributed by atoms with van der Waals surface area (Å²) < 4.78 is 13.4. The van der Waals surface area contributed by atoms with E-state index in [1.807, 2.05) is 6.92 Å². The molecule has 2 N–H and O–H groups in total. The van der Waals surface area contributed by atoms with E-state index < -0.39 is 0 Å². The van der Waals surface area contributed by atoms with Crippen molar-refractivity contribution in [2.45, 2.75) is 13.5 Å². The van der Waals surface area contributed by atoms with Crippen molar-refractivity contribution >= 4 is 11.6 Å². The molecule has 4 nitrogen and oxygen atoms in total. The maximum absolute atomic E-state index is 13.4. The van der Waals surface area contributed by atoms with Crippen LogP contribution < -0.4 is 10.6 Å². The number of rotatable bonds is 5. The van der Waals surface area contributed by atoms with Crippen LogP contribution in [0.25, 0.3) is 0 Å². The van der Waals surface area contributed by atoms with Gasteiger partial charge >= 0.3 is 0 Å². The molecule has 0 saturated heterocycles. The minimum Gasteiger partial charge on any atom is -0.384 e. The van der Waals surface area contributed by atoms with Crippen LogP contribution >= 0.6 is 0 Å². The maximum atomic E-state index is 13.4. The summed E-state index contributed by atoms with van der Waals surface area (Å²) in [6.45, 7) is 2.91. The van der Waals surface area contributed by atoms with Crippen LogP contribution in [0.15, 0.2) is 42.6 Å². The Bertz CT molecular complexity index is 584. The molecule has 0 saturated carbocycles. The molecule has 2 rings (SSSR count). The number of nitrogens with zero attached hydrogens (tertiary/aromatic N) is 1. The van der Waals surface area contributed by atoms with Crippen molar-refractivity contribution in [2.24, 2.45) is 0 Å². The second-order valence-corrected chi connectivity index (χ2v) is 4.24. The average molecular weight is 273 g/mol. The highest BCUT2D eigenvalue weighted by Crippen LogP contribution is 2.08. The second kappa shape index (κ2) is 6.65. The lowest BCUT2D eigenvalue weighted by atomic mass is 10.2. The standard InChI is InChI=1S/C15H16FN3O/c1-2-17-12-7-8-14(18-10-12)15(20)19-9-11-5-3-4-6-13(11)16/h3-8,10,17H,2,9H2,1H3,(H,19,20). The Hall–Kier alpha value is -2.43. The number of hydrogen-bond acceptors (Lipinski definition) is 3. The minimum absolute atomic E-state index is 0.141. The fourth-order valence-electron chi connectivity index (χ4n) is 1.74. The van der Waals surface area contributed by atoms with Crippen LogP contribution in [0, 0.1) is 5.82 Å². The molecule has 0 bridgehead atoms. The molecule has 1 heterocycles. The maximum Gasteiger partial charge on any atom is 0.270 e. The molecular formula is C15H16FN3O. The molecule has 2 aromatic rings. The predicted molar refractivity (Wildman–Crippen MR) is 76.0 cm³/mol. The van der Waals surface area contributed by atoms with Crippen LogP contribution in [0.2, 0.25) is 0 Å². The Morgan fingerprint density at radius 2 is 2.05 bits per heavy atom. The van der Waals surface area contributed by atoms with Gasteiger partial charge in [0.2, 0.25) is 0 Å². The molecule has 0 aliphatic carbocycles. The van der Waals surface area contributed by atoms with Gasteiger partial charge in [-0.3, -0.25) is 4.79 Å². The number of halogens is 1. The quantitative estimate of drug-likeness (QED) is 0.880. The third kappa shape index (κ3) is 3.54. The van der Waals surface area contributed by atoms with Crippen LogP contribution in [0.1, 0.15) is 23.0 Å².